The second-order valence-corrected chi connectivity index (χ2v) is 11.7. The number of alkyl halides is 2. The monoisotopic (exact) mass is 658 g/mol. The van der Waals surface area contributed by atoms with E-state index in [4.69, 9.17) is 11.6 Å². The molecule has 1 saturated carbocycles. The van der Waals surface area contributed by atoms with Gasteiger partial charge in [-0.1, -0.05) is 35.9 Å². The number of nitrogens with one attached hydrogen (secondary N) is 1. The molecule has 13 heteroatoms. The molecule has 0 bridgehead atoms. The Morgan fingerprint density at radius 1 is 1.09 bits per heavy atom. The van der Waals surface area contributed by atoms with Crippen molar-refractivity contribution in [2.45, 2.75) is 49.7 Å². The summed E-state index contributed by atoms with van der Waals surface area (Å²) < 4.78 is 43.4. The lowest BCUT2D eigenvalue weighted by atomic mass is 9.87. The number of aromatic nitrogens is 2. The molecule has 1 saturated heterocycles. The molecular weight excluding hydrogens is 633 g/mol. The molecule has 47 heavy (non-hydrogen) atoms. The van der Waals surface area contributed by atoms with Crippen molar-refractivity contribution in [3.63, 3.8) is 0 Å². The summed E-state index contributed by atoms with van der Waals surface area (Å²) in [6, 6.07) is 14.7. The van der Waals surface area contributed by atoms with Crippen LogP contribution in [0.4, 0.5) is 24.7 Å². The van der Waals surface area contributed by atoms with E-state index >= 15 is 4.39 Å². The number of anilines is 2. The van der Waals surface area contributed by atoms with E-state index < -0.39 is 60.4 Å². The second kappa shape index (κ2) is 12.8. The van der Waals surface area contributed by atoms with Gasteiger partial charge in [0.15, 0.2) is 0 Å². The third kappa shape index (κ3) is 6.39. The van der Waals surface area contributed by atoms with Crippen LogP contribution in [0.5, 0.6) is 0 Å². The maximum absolute atomic E-state index is 15.8. The normalized spacial score (nSPS) is 17.8. The standard InChI is InChI=1S/C34H26ClF3N6O3/c35-26-6-2-1-5-25(26)31(32(46)42-22-16-34(37,38)17-22)43(23-7-8-24(27(36)15-23)21-4-3-12-40-19-21)33(47)28-9-10-30(45)44(28)29-14-20(18-39)11-13-41-29/h1-8,11-15,19,22,28,31H,9-10,16-17H2,(H,42,46)/t28?,31-/m1/s1. The van der Waals surface area contributed by atoms with Gasteiger partial charge in [-0.2, -0.15) is 5.26 Å². The third-order valence-electron chi connectivity index (χ3n) is 8.20. The number of carbonyl (C=O) groups excluding carboxylic acids is 3. The highest BCUT2D eigenvalue weighted by Gasteiger charge is 2.48. The van der Waals surface area contributed by atoms with Gasteiger partial charge in [0, 0.05) is 71.3 Å². The molecule has 238 valence electrons. The van der Waals surface area contributed by atoms with Crippen LogP contribution in [0.3, 0.4) is 0 Å². The number of pyridine rings is 2. The fourth-order valence-electron chi connectivity index (χ4n) is 5.94. The Balaban J connectivity index is 1.48. The molecule has 6 rings (SSSR count). The molecule has 3 amide bonds. The van der Waals surface area contributed by atoms with Gasteiger partial charge in [0.1, 0.15) is 23.7 Å². The van der Waals surface area contributed by atoms with Gasteiger partial charge in [0.25, 0.3) is 11.8 Å². The summed E-state index contributed by atoms with van der Waals surface area (Å²) in [5.41, 5.74) is 0.966. The Kier molecular flexibility index (Phi) is 8.66. The first-order valence-corrected chi connectivity index (χ1v) is 15.1. The van der Waals surface area contributed by atoms with Gasteiger partial charge in [0.05, 0.1) is 11.6 Å². The molecule has 2 aromatic heterocycles. The quantitative estimate of drug-likeness (QED) is 0.248. The highest BCUT2D eigenvalue weighted by molar-refractivity contribution is 6.31. The van der Waals surface area contributed by atoms with Crippen molar-refractivity contribution in [3.8, 4) is 17.2 Å². The van der Waals surface area contributed by atoms with Crippen LogP contribution in [0.15, 0.2) is 85.3 Å². The molecule has 4 aromatic rings. The van der Waals surface area contributed by atoms with Crippen LogP contribution in [0.1, 0.15) is 42.9 Å². The predicted molar refractivity (Wildman–Crippen MR) is 167 cm³/mol. The number of benzene rings is 2. The number of carbonyl (C=O) groups is 3. The van der Waals surface area contributed by atoms with Gasteiger partial charge >= 0.3 is 0 Å². The van der Waals surface area contributed by atoms with E-state index in [0.717, 1.165) is 15.9 Å². The molecule has 1 aliphatic heterocycles. The number of hydrogen-bond donors (Lipinski definition) is 1. The topological polar surface area (TPSA) is 119 Å². The SMILES string of the molecule is N#Cc1ccnc(N2C(=O)CCC2C(=O)N(c2ccc(-c3cccnc3)c(F)c2)[C@@H](C(=O)NC2CC(F)(F)C2)c2ccccc2Cl)c1. The number of nitrogens with zero attached hydrogens (tertiary/aromatic N) is 5. The summed E-state index contributed by atoms with van der Waals surface area (Å²) in [4.78, 5) is 52.5. The van der Waals surface area contributed by atoms with Gasteiger partial charge in [-0.3, -0.25) is 29.2 Å². The van der Waals surface area contributed by atoms with Crippen LogP contribution in [0.25, 0.3) is 11.1 Å². The Morgan fingerprint density at radius 2 is 1.87 bits per heavy atom. The van der Waals surface area contributed by atoms with E-state index in [1.165, 1.54) is 55.0 Å². The Morgan fingerprint density at radius 3 is 2.55 bits per heavy atom. The van der Waals surface area contributed by atoms with Crippen LogP contribution in [0, 0.1) is 17.1 Å². The first-order chi connectivity index (χ1) is 22.6. The van der Waals surface area contributed by atoms with Crippen LogP contribution in [-0.4, -0.2) is 45.7 Å². The Labute approximate surface area is 272 Å². The lowest BCUT2D eigenvalue weighted by Crippen LogP contribution is -2.56. The zero-order valence-corrected chi connectivity index (χ0v) is 25.4. The first kappa shape index (κ1) is 31.7. The molecule has 1 N–H and O–H groups in total. The van der Waals surface area contributed by atoms with E-state index in [1.54, 1.807) is 24.3 Å². The molecule has 2 aliphatic rings. The first-order valence-electron chi connectivity index (χ1n) is 14.7. The molecule has 9 nitrogen and oxygen atoms in total. The van der Waals surface area contributed by atoms with Crippen molar-refractivity contribution in [1.29, 1.82) is 5.26 Å². The molecule has 0 radical (unpaired) electrons. The molecule has 0 spiro atoms. The van der Waals surface area contributed by atoms with E-state index in [2.05, 4.69) is 15.3 Å². The van der Waals surface area contributed by atoms with Crippen molar-refractivity contribution >= 4 is 40.8 Å². The summed E-state index contributed by atoms with van der Waals surface area (Å²) in [6.45, 7) is 0. The van der Waals surface area contributed by atoms with Crippen molar-refractivity contribution in [2.24, 2.45) is 0 Å². The van der Waals surface area contributed by atoms with Crippen LogP contribution >= 0.6 is 11.6 Å². The van der Waals surface area contributed by atoms with Gasteiger partial charge in [-0.25, -0.2) is 18.2 Å². The van der Waals surface area contributed by atoms with Gasteiger partial charge < -0.3 is 5.32 Å². The third-order valence-corrected chi connectivity index (χ3v) is 8.55. The summed E-state index contributed by atoms with van der Waals surface area (Å²) >= 11 is 6.58. The van der Waals surface area contributed by atoms with Crippen molar-refractivity contribution in [3.05, 3.63) is 107 Å². The lowest BCUT2D eigenvalue weighted by molar-refractivity contribution is -0.133. The maximum atomic E-state index is 15.8. The summed E-state index contributed by atoms with van der Waals surface area (Å²) in [7, 11) is 0. The number of nitriles is 1. The average molecular weight is 659 g/mol. The smallest absolute Gasteiger partial charge is 0.252 e. The van der Waals surface area contributed by atoms with Gasteiger partial charge in [-0.05, 0) is 48.9 Å². The van der Waals surface area contributed by atoms with E-state index in [1.807, 2.05) is 6.07 Å². The molecule has 2 fully saturated rings. The number of amides is 3. The lowest BCUT2D eigenvalue weighted by Gasteiger charge is -2.39. The second-order valence-electron chi connectivity index (χ2n) is 11.3. The highest BCUT2D eigenvalue weighted by atomic mass is 35.5. The minimum atomic E-state index is -2.94. The molecular formula is C34H26ClF3N6O3. The van der Waals surface area contributed by atoms with Crippen molar-refractivity contribution in [2.75, 3.05) is 9.80 Å². The minimum absolute atomic E-state index is 0.0224. The van der Waals surface area contributed by atoms with Crippen molar-refractivity contribution in [1.82, 2.24) is 15.3 Å². The highest BCUT2D eigenvalue weighted by Crippen LogP contribution is 2.40. The van der Waals surface area contributed by atoms with Gasteiger partial charge in [-0.15, -0.1) is 0 Å². The van der Waals surface area contributed by atoms with Gasteiger partial charge in [0.2, 0.25) is 11.8 Å². The average Bonchev–Trinajstić information content (AvgIpc) is 3.44. The Hall–Kier alpha value is -5.28. The van der Waals surface area contributed by atoms with Crippen LogP contribution < -0.4 is 15.1 Å². The zero-order valence-electron chi connectivity index (χ0n) is 24.6. The molecule has 2 atom stereocenters. The maximum Gasteiger partial charge on any atom is 0.252 e. The van der Waals surface area contributed by atoms with E-state index in [9.17, 15) is 28.4 Å². The molecule has 3 heterocycles. The molecule has 1 unspecified atom stereocenters. The van der Waals surface area contributed by atoms with E-state index in [0.29, 0.717) is 5.56 Å². The molecule has 1 aliphatic carbocycles. The largest absolute Gasteiger partial charge is 0.351 e. The fourth-order valence-corrected chi connectivity index (χ4v) is 6.18. The van der Waals surface area contributed by atoms with E-state index in [-0.39, 0.29) is 46.1 Å². The number of rotatable bonds is 8. The minimum Gasteiger partial charge on any atom is -0.351 e. The summed E-state index contributed by atoms with van der Waals surface area (Å²) in [5, 5.41) is 12.1. The number of hydrogen-bond acceptors (Lipinski definition) is 6. The van der Waals surface area contributed by atoms with Crippen LogP contribution in [-0.2, 0) is 14.4 Å². The molecule has 2 aromatic carbocycles. The predicted octanol–water partition coefficient (Wildman–Crippen LogP) is 5.99. The zero-order chi connectivity index (χ0) is 33.3. The summed E-state index contributed by atoms with van der Waals surface area (Å²) in [6.07, 6.45) is 3.16. The van der Waals surface area contributed by atoms with Crippen LogP contribution in [0.2, 0.25) is 5.02 Å². The fraction of sp³-hybridized carbons (Fsp3) is 0.235. The summed E-state index contributed by atoms with van der Waals surface area (Å²) in [5.74, 6) is -5.64. The Bertz CT molecular complexity index is 1900. The van der Waals surface area contributed by atoms with Crippen molar-refractivity contribution < 1.29 is 27.6 Å². The number of halogens is 4.